The van der Waals surface area contributed by atoms with Crippen molar-refractivity contribution in [1.82, 2.24) is 0 Å². The number of rotatable bonds is 2. The number of aliphatic imine (C=N–C) groups is 1. The Hall–Kier alpha value is -1.65. The molecule has 0 unspecified atom stereocenters. The van der Waals surface area contributed by atoms with E-state index in [9.17, 15) is 10.1 Å². The minimum atomic E-state index is -0.598. The number of allylic oxidation sites excluding steroid dienone is 1. The summed E-state index contributed by atoms with van der Waals surface area (Å²) in [4.78, 5) is 12.9. The third-order valence-corrected chi connectivity index (χ3v) is 0.863. The van der Waals surface area contributed by atoms with E-state index in [1.165, 1.54) is 19.2 Å². The van der Waals surface area contributed by atoms with Crippen LogP contribution in [0.1, 0.15) is 0 Å². The monoisotopic (exact) mass is 155 g/mol. The van der Waals surface area contributed by atoms with E-state index >= 15 is 0 Å². The number of nitrogens with zero attached hydrogens (tertiary/aromatic N) is 2. The van der Waals surface area contributed by atoms with Gasteiger partial charge in [0.2, 0.25) is 0 Å². The number of nitro groups is 1. The van der Waals surface area contributed by atoms with Crippen LogP contribution in [0.2, 0.25) is 0 Å². The van der Waals surface area contributed by atoms with E-state index in [1.54, 1.807) is 0 Å². The average Bonchev–Trinajstić information content (AvgIpc) is 1.87. The van der Waals surface area contributed by atoms with Gasteiger partial charge in [0.1, 0.15) is 7.05 Å². The van der Waals surface area contributed by atoms with Gasteiger partial charge in [-0.15, -0.1) is 0 Å². The molecule has 0 aromatic rings. The Bertz CT molecular complexity index is 230. The van der Waals surface area contributed by atoms with Gasteiger partial charge in [-0.2, -0.15) is 0 Å². The summed E-state index contributed by atoms with van der Waals surface area (Å²) < 4.78 is 0. The molecule has 0 aliphatic rings. The van der Waals surface area contributed by atoms with Crippen LogP contribution in [-0.2, 0) is 0 Å². The molecule has 0 aliphatic carbocycles. The second-order valence-electron chi connectivity index (χ2n) is 1.75. The molecule has 5 heteroatoms. The largest absolute Gasteiger partial charge is 0.399 e. The van der Waals surface area contributed by atoms with Gasteiger partial charge in [-0.05, 0) is 11.0 Å². The van der Waals surface area contributed by atoms with E-state index < -0.39 is 4.92 Å². The maximum Gasteiger partial charge on any atom is 0.357 e. The molecule has 0 bridgehead atoms. The fourth-order valence-electron chi connectivity index (χ4n) is 0.399. The Kier molecular flexibility index (Phi) is 3.58. The maximum absolute atomic E-state index is 10.1. The highest BCUT2D eigenvalue weighted by molar-refractivity contribution is 5.86. The predicted octanol–water partition coefficient (Wildman–Crippen LogP) is 0.320. The SMILES string of the molecule is C=C(N)/C=C\C(=NC)[N+](=O)[O-]. The molecule has 0 aromatic carbocycles. The summed E-state index contributed by atoms with van der Waals surface area (Å²) in [6, 6.07) is 0. The third kappa shape index (κ3) is 3.85. The Morgan fingerprint density at radius 2 is 2.27 bits per heavy atom. The first-order valence-corrected chi connectivity index (χ1v) is 2.81. The molecule has 5 nitrogen and oxygen atoms in total. The molecule has 0 rings (SSSR count). The van der Waals surface area contributed by atoms with Crippen LogP contribution >= 0.6 is 0 Å². The highest BCUT2D eigenvalue weighted by Crippen LogP contribution is 1.86. The van der Waals surface area contributed by atoms with Crippen molar-refractivity contribution < 1.29 is 4.92 Å². The summed E-state index contributed by atoms with van der Waals surface area (Å²) >= 11 is 0. The molecule has 0 aliphatic heterocycles. The fourth-order valence-corrected chi connectivity index (χ4v) is 0.399. The van der Waals surface area contributed by atoms with Crippen LogP contribution in [0.15, 0.2) is 29.4 Å². The zero-order chi connectivity index (χ0) is 8.85. The number of hydrogen-bond acceptors (Lipinski definition) is 4. The number of hydrogen-bond donors (Lipinski definition) is 1. The molecule has 0 saturated heterocycles. The molecule has 0 spiro atoms. The van der Waals surface area contributed by atoms with E-state index in [0.29, 0.717) is 0 Å². The standard InChI is InChI=1S/C6H9N3O2/c1-5(7)3-4-6(8-2)9(10)11/h3-4H,1,7H2,2H3/b4-3-,8-6?. The number of amidine groups is 1. The predicted molar refractivity (Wildman–Crippen MR) is 42.8 cm³/mol. The topological polar surface area (TPSA) is 81.5 Å². The van der Waals surface area contributed by atoms with Crippen LogP contribution in [0.4, 0.5) is 0 Å². The molecular weight excluding hydrogens is 146 g/mol. The lowest BCUT2D eigenvalue weighted by atomic mass is 10.4. The Balaban J connectivity index is 4.34. The molecule has 0 aromatic heterocycles. The van der Waals surface area contributed by atoms with Crippen LogP contribution in [0, 0.1) is 10.1 Å². The Morgan fingerprint density at radius 1 is 1.73 bits per heavy atom. The molecule has 0 amide bonds. The first-order valence-electron chi connectivity index (χ1n) is 2.81. The first kappa shape index (κ1) is 9.35. The summed E-state index contributed by atoms with van der Waals surface area (Å²) in [5.41, 5.74) is 5.39. The minimum absolute atomic E-state index is 0.239. The van der Waals surface area contributed by atoms with Gasteiger partial charge >= 0.3 is 5.84 Å². The van der Waals surface area contributed by atoms with Crippen LogP contribution in [0.5, 0.6) is 0 Å². The molecule has 0 saturated carbocycles. The first-order chi connectivity index (χ1) is 5.07. The third-order valence-electron chi connectivity index (χ3n) is 0.863. The minimum Gasteiger partial charge on any atom is -0.399 e. The van der Waals surface area contributed by atoms with Crippen LogP contribution < -0.4 is 5.73 Å². The van der Waals surface area contributed by atoms with Crippen molar-refractivity contribution in [3.63, 3.8) is 0 Å². The lowest BCUT2D eigenvalue weighted by Gasteiger charge is -1.89. The van der Waals surface area contributed by atoms with Gasteiger partial charge in [-0.1, -0.05) is 11.6 Å². The van der Waals surface area contributed by atoms with Gasteiger partial charge in [-0.25, -0.2) is 0 Å². The van der Waals surface area contributed by atoms with Crippen molar-refractivity contribution in [2.75, 3.05) is 7.05 Å². The van der Waals surface area contributed by atoms with E-state index in [1.807, 2.05) is 0 Å². The molecule has 2 N–H and O–H groups in total. The molecule has 0 radical (unpaired) electrons. The summed E-state index contributed by atoms with van der Waals surface area (Å²) in [7, 11) is 1.34. The van der Waals surface area contributed by atoms with E-state index in [2.05, 4.69) is 11.6 Å². The summed E-state index contributed by atoms with van der Waals surface area (Å²) in [5.74, 6) is -0.239. The fraction of sp³-hybridized carbons (Fsp3) is 0.167. The van der Waals surface area contributed by atoms with Gasteiger partial charge in [0, 0.05) is 11.8 Å². The quantitative estimate of drug-likeness (QED) is 0.205. The average molecular weight is 155 g/mol. The molecule has 0 atom stereocenters. The van der Waals surface area contributed by atoms with Crippen molar-refractivity contribution in [3.8, 4) is 0 Å². The molecule has 11 heavy (non-hydrogen) atoms. The zero-order valence-electron chi connectivity index (χ0n) is 6.15. The highest BCUT2D eigenvalue weighted by atomic mass is 16.6. The maximum atomic E-state index is 10.1. The smallest absolute Gasteiger partial charge is 0.357 e. The Labute approximate surface area is 64.1 Å². The zero-order valence-corrected chi connectivity index (χ0v) is 6.15. The van der Waals surface area contributed by atoms with Gasteiger partial charge in [0.05, 0.1) is 0 Å². The van der Waals surface area contributed by atoms with Gasteiger partial charge < -0.3 is 15.8 Å². The van der Waals surface area contributed by atoms with E-state index in [4.69, 9.17) is 5.73 Å². The van der Waals surface area contributed by atoms with Gasteiger partial charge in [-0.3, -0.25) is 0 Å². The van der Waals surface area contributed by atoms with Crippen molar-refractivity contribution in [2.24, 2.45) is 10.7 Å². The van der Waals surface area contributed by atoms with Crippen LogP contribution in [-0.4, -0.2) is 17.8 Å². The van der Waals surface area contributed by atoms with E-state index in [0.717, 1.165) is 0 Å². The van der Waals surface area contributed by atoms with Gasteiger partial charge in [0.25, 0.3) is 0 Å². The second-order valence-corrected chi connectivity index (χ2v) is 1.75. The lowest BCUT2D eigenvalue weighted by molar-refractivity contribution is -0.348. The summed E-state index contributed by atoms with van der Waals surface area (Å²) in [5, 5.41) is 10.1. The number of nitrogens with two attached hydrogens (primary N) is 1. The summed E-state index contributed by atoms with van der Waals surface area (Å²) in [6.45, 7) is 3.33. The van der Waals surface area contributed by atoms with Crippen molar-refractivity contribution in [1.29, 1.82) is 0 Å². The van der Waals surface area contributed by atoms with E-state index in [-0.39, 0.29) is 11.5 Å². The molecule has 0 heterocycles. The van der Waals surface area contributed by atoms with Crippen LogP contribution in [0.3, 0.4) is 0 Å². The van der Waals surface area contributed by atoms with Gasteiger partial charge in [0.15, 0.2) is 0 Å². The Morgan fingerprint density at radius 3 is 2.55 bits per heavy atom. The normalized spacial score (nSPS) is 11.9. The lowest BCUT2D eigenvalue weighted by Crippen LogP contribution is -2.08. The summed E-state index contributed by atoms with van der Waals surface area (Å²) in [6.07, 6.45) is 2.52. The van der Waals surface area contributed by atoms with Crippen molar-refractivity contribution in [2.45, 2.75) is 0 Å². The molecule has 0 fully saturated rings. The molecular formula is C6H9N3O2. The highest BCUT2D eigenvalue weighted by Gasteiger charge is 2.02. The van der Waals surface area contributed by atoms with Crippen molar-refractivity contribution in [3.05, 3.63) is 34.5 Å². The molecule has 60 valence electrons. The van der Waals surface area contributed by atoms with Crippen molar-refractivity contribution >= 4 is 5.84 Å². The second kappa shape index (κ2) is 4.21. The van der Waals surface area contributed by atoms with Crippen LogP contribution in [0.25, 0.3) is 0 Å².